The van der Waals surface area contributed by atoms with Crippen molar-refractivity contribution in [3.05, 3.63) is 16.4 Å². The Morgan fingerprint density at radius 2 is 2.25 bits per heavy atom. The summed E-state index contributed by atoms with van der Waals surface area (Å²) in [5.41, 5.74) is 1.39. The van der Waals surface area contributed by atoms with Crippen LogP contribution in [0.25, 0.3) is 0 Å². The maximum absolute atomic E-state index is 4.56. The summed E-state index contributed by atoms with van der Waals surface area (Å²) in [6, 6.07) is 0.612. The molecule has 0 aromatic carbocycles. The normalized spacial score (nSPS) is 22.9. The minimum absolute atomic E-state index is 0.598. The van der Waals surface area contributed by atoms with Gasteiger partial charge in [-0.05, 0) is 55.8 Å². The van der Waals surface area contributed by atoms with Gasteiger partial charge in [-0.15, -0.1) is 0 Å². The topological polar surface area (TPSA) is 33.1 Å². The third-order valence-electron chi connectivity index (χ3n) is 4.12. The Morgan fingerprint density at radius 1 is 1.45 bits per heavy atom. The van der Waals surface area contributed by atoms with E-state index in [0.29, 0.717) is 12.0 Å². The highest BCUT2D eigenvalue weighted by molar-refractivity contribution is 9.10. The predicted molar refractivity (Wildman–Crippen MR) is 87.2 cm³/mol. The highest BCUT2D eigenvalue weighted by Gasteiger charge is 2.32. The average molecular weight is 343 g/mol. The molecule has 1 aliphatic carbocycles. The van der Waals surface area contributed by atoms with Crippen molar-refractivity contribution < 1.29 is 0 Å². The quantitative estimate of drug-likeness (QED) is 0.826. The van der Waals surface area contributed by atoms with E-state index in [9.17, 15) is 0 Å². The van der Waals surface area contributed by atoms with Crippen LogP contribution in [0.3, 0.4) is 0 Å². The van der Waals surface area contributed by atoms with Crippen molar-refractivity contribution in [2.24, 2.45) is 0 Å². The lowest BCUT2D eigenvalue weighted by molar-refractivity contribution is 0.361. The van der Waals surface area contributed by atoms with E-state index >= 15 is 0 Å². The maximum Gasteiger partial charge on any atom is 0.0635 e. The molecule has 1 aromatic heterocycles. The van der Waals surface area contributed by atoms with Crippen LogP contribution in [0.4, 0.5) is 0 Å². The van der Waals surface area contributed by atoms with Gasteiger partial charge >= 0.3 is 0 Å². The van der Waals surface area contributed by atoms with Crippen LogP contribution < -0.4 is 5.32 Å². The molecule has 1 heterocycles. The van der Waals surface area contributed by atoms with Gasteiger partial charge in [-0.2, -0.15) is 5.10 Å². The summed E-state index contributed by atoms with van der Waals surface area (Å²) in [5, 5.41) is 8.28. The molecule has 5 heteroatoms. The molecule has 1 aromatic rings. The molecule has 20 heavy (non-hydrogen) atoms. The molecular weight excluding hydrogens is 316 g/mol. The van der Waals surface area contributed by atoms with Gasteiger partial charge in [-0.3, -0.25) is 4.68 Å². The standard InChI is InChI=1S/C15H27BrN4/c1-4-8-17-14-7-5-6-12(14)15-13(16)11-18-20(15)10-9-19(2)3/h11-12,14,17H,4-10H2,1-3H3. The molecule has 0 saturated heterocycles. The number of rotatable bonds is 7. The molecule has 2 unspecified atom stereocenters. The number of likely N-dealkylation sites (N-methyl/N-ethyl adjacent to an activating group) is 1. The Bertz CT molecular complexity index is 416. The Kier molecular flexibility index (Phi) is 6.05. The van der Waals surface area contributed by atoms with Crippen LogP contribution >= 0.6 is 15.9 Å². The monoisotopic (exact) mass is 342 g/mol. The zero-order valence-corrected chi connectivity index (χ0v) is 14.5. The number of hydrogen-bond acceptors (Lipinski definition) is 3. The molecule has 1 fully saturated rings. The third-order valence-corrected chi connectivity index (χ3v) is 4.73. The molecule has 1 aliphatic rings. The van der Waals surface area contributed by atoms with E-state index in [-0.39, 0.29) is 0 Å². The van der Waals surface area contributed by atoms with Crippen molar-refractivity contribution >= 4 is 15.9 Å². The Balaban J connectivity index is 2.11. The van der Waals surface area contributed by atoms with E-state index in [1.54, 1.807) is 0 Å². The first-order chi connectivity index (χ1) is 9.63. The van der Waals surface area contributed by atoms with Crippen LogP contribution in [0.15, 0.2) is 10.7 Å². The first-order valence-electron chi connectivity index (χ1n) is 7.72. The molecule has 0 bridgehead atoms. The lowest BCUT2D eigenvalue weighted by Crippen LogP contribution is -2.33. The third kappa shape index (κ3) is 3.83. The van der Waals surface area contributed by atoms with Crippen molar-refractivity contribution in [2.45, 2.75) is 51.1 Å². The van der Waals surface area contributed by atoms with Crippen molar-refractivity contribution in [1.29, 1.82) is 0 Å². The van der Waals surface area contributed by atoms with Gasteiger partial charge in [0.15, 0.2) is 0 Å². The second-order valence-corrected chi connectivity index (χ2v) is 6.86. The zero-order chi connectivity index (χ0) is 14.5. The van der Waals surface area contributed by atoms with Crippen molar-refractivity contribution in [3.8, 4) is 0 Å². The second kappa shape index (κ2) is 7.57. The highest BCUT2D eigenvalue weighted by atomic mass is 79.9. The molecule has 0 amide bonds. The molecule has 0 spiro atoms. The van der Waals surface area contributed by atoms with Crippen LogP contribution in [0.2, 0.25) is 0 Å². The second-order valence-electron chi connectivity index (χ2n) is 6.00. The first kappa shape index (κ1) is 16.0. The van der Waals surface area contributed by atoms with Crippen LogP contribution in [0.5, 0.6) is 0 Å². The van der Waals surface area contributed by atoms with E-state index < -0.39 is 0 Å². The minimum atomic E-state index is 0.598. The molecule has 2 atom stereocenters. The van der Waals surface area contributed by atoms with Gasteiger partial charge in [0.25, 0.3) is 0 Å². The Labute approximate surface area is 131 Å². The van der Waals surface area contributed by atoms with Crippen LogP contribution in [0.1, 0.15) is 44.2 Å². The average Bonchev–Trinajstić information content (AvgIpc) is 3.00. The van der Waals surface area contributed by atoms with E-state index in [1.807, 2.05) is 6.20 Å². The molecule has 114 valence electrons. The van der Waals surface area contributed by atoms with E-state index in [2.05, 4.69) is 56.9 Å². The SMILES string of the molecule is CCCNC1CCCC1c1c(Br)cnn1CCN(C)C. The van der Waals surface area contributed by atoms with Crippen LogP contribution in [-0.2, 0) is 6.54 Å². The van der Waals surface area contributed by atoms with Crippen LogP contribution in [-0.4, -0.2) is 47.9 Å². The largest absolute Gasteiger partial charge is 0.313 e. The fourth-order valence-electron chi connectivity index (χ4n) is 3.07. The molecule has 4 nitrogen and oxygen atoms in total. The minimum Gasteiger partial charge on any atom is -0.313 e. The van der Waals surface area contributed by atoms with Gasteiger partial charge in [0, 0.05) is 18.5 Å². The van der Waals surface area contributed by atoms with E-state index in [0.717, 1.165) is 19.6 Å². The number of nitrogens with zero attached hydrogens (tertiary/aromatic N) is 3. The van der Waals surface area contributed by atoms with Crippen LogP contribution in [0, 0.1) is 0 Å². The molecule has 1 N–H and O–H groups in total. The van der Waals surface area contributed by atoms with Gasteiger partial charge in [-0.1, -0.05) is 13.3 Å². The summed E-state index contributed by atoms with van der Waals surface area (Å²) in [7, 11) is 4.22. The molecule has 1 saturated carbocycles. The summed E-state index contributed by atoms with van der Waals surface area (Å²) in [5.74, 6) is 0.598. The fraction of sp³-hybridized carbons (Fsp3) is 0.800. The molecular formula is C15H27BrN4. The highest BCUT2D eigenvalue weighted by Crippen LogP contribution is 2.38. The van der Waals surface area contributed by atoms with Gasteiger partial charge in [-0.25, -0.2) is 0 Å². The first-order valence-corrected chi connectivity index (χ1v) is 8.52. The summed E-state index contributed by atoms with van der Waals surface area (Å²) >= 11 is 3.71. The molecule has 0 aliphatic heterocycles. The lowest BCUT2D eigenvalue weighted by atomic mass is 9.99. The fourth-order valence-corrected chi connectivity index (χ4v) is 3.67. The Morgan fingerprint density at radius 3 is 2.95 bits per heavy atom. The van der Waals surface area contributed by atoms with E-state index in [1.165, 1.54) is 35.8 Å². The number of hydrogen-bond donors (Lipinski definition) is 1. The maximum atomic E-state index is 4.56. The zero-order valence-electron chi connectivity index (χ0n) is 12.9. The number of nitrogens with one attached hydrogen (secondary N) is 1. The van der Waals surface area contributed by atoms with Gasteiger partial charge < -0.3 is 10.2 Å². The molecule has 0 radical (unpaired) electrons. The van der Waals surface area contributed by atoms with Crippen molar-refractivity contribution in [1.82, 2.24) is 20.0 Å². The Hall–Kier alpha value is -0.390. The van der Waals surface area contributed by atoms with Crippen molar-refractivity contribution in [3.63, 3.8) is 0 Å². The van der Waals surface area contributed by atoms with Crippen molar-refractivity contribution in [2.75, 3.05) is 27.2 Å². The lowest BCUT2D eigenvalue weighted by Gasteiger charge is -2.23. The molecule has 2 rings (SSSR count). The number of halogens is 1. The summed E-state index contributed by atoms with van der Waals surface area (Å²) in [6.45, 7) is 5.34. The van der Waals surface area contributed by atoms with E-state index in [4.69, 9.17) is 0 Å². The van der Waals surface area contributed by atoms with Gasteiger partial charge in [0.2, 0.25) is 0 Å². The smallest absolute Gasteiger partial charge is 0.0635 e. The van der Waals surface area contributed by atoms with Gasteiger partial charge in [0.05, 0.1) is 22.9 Å². The number of aromatic nitrogens is 2. The summed E-state index contributed by atoms with van der Waals surface area (Å²) < 4.78 is 3.37. The predicted octanol–water partition coefficient (Wildman–Crippen LogP) is 2.84. The summed E-state index contributed by atoms with van der Waals surface area (Å²) in [6.07, 6.45) is 7.03. The van der Waals surface area contributed by atoms with Gasteiger partial charge in [0.1, 0.15) is 0 Å². The summed E-state index contributed by atoms with van der Waals surface area (Å²) in [4.78, 5) is 2.21.